The summed E-state index contributed by atoms with van der Waals surface area (Å²) in [7, 11) is 0. The lowest BCUT2D eigenvalue weighted by Crippen LogP contribution is -2.62. The number of anilines is 5. The molecule has 11 rings (SSSR count). The van der Waals surface area contributed by atoms with Gasteiger partial charge < -0.3 is 9.71 Å². The predicted octanol–water partition coefficient (Wildman–Crippen LogP) is 15.9. The van der Waals surface area contributed by atoms with Crippen LogP contribution in [0.3, 0.4) is 0 Å². The summed E-state index contributed by atoms with van der Waals surface area (Å²) >= 11 is 0. The topological polar surface area (TPSA) is 6.48 Å². The van der Waals surface area contributed by atoms with E-state index in [2.05, 4.69) is 256 Å². The number of rotatable bonds is 4. The SMILES string of the molecule is CC(C)(C)c1ccc(N2B3c4c(cc(C(C)(C)C)cc4N(c4ccc(C(C)(C)C)cc4-c4ccccc4)c4ccc5c(c43)-c3ccccc3C5(C)C)-c3ccc(-c4ccccc4)cc32)cc1. The summed E-state index contributed by atoms with van der Waals surface area (Å²) in [5.41, 5.74) is 25.4. The third kappa shape index (κ3) is 6.52. The van der Waals surface area contributed by atoms with Crippen LogP contribution < -0.4 is 20.6 Å². The van der Waals surface area contributed by atoms with E-state index in [9.17, 15) is 0 Å². The molecule has 326 valence electrons. The van der Waals surface area contributed by atoms with Gasteiger partial charge in [-0.2, -0.15) is 0 Å². The van der Waals surface area contributed by atoms with Gasteiger partial charge in [-0.1, -0.05) is 204 Å². The van der Waals surface area contributed by atoms with Gasteiger partial charge in [0.1, 0.15) is 0 Å². The van der Waals surface area contributed by atoms with Crippen molar-refractivity contribution in [2.24, 2.45) is 0 Å². The average molecular weight is 857 g/mol. The van der Waals surface area contributed by atoms with E-state index in [0.29, 0.717) is 0 Å². The van der Waals surface area contributed by atoms with Crippen molar-refractivity contribution in [3.8, 4) is 44.5 Å². The lowest BCUT2D eigenvalue weighted by atomic mass is 9.42. The Labute approximate surface area is 394 Å². The molecule has 0 unspecified atom stereocenters. The molecule has 8 aromatic carbocycles. The first-order chi connectivity index (χ1) is 31.4. The number of benzene rings is 8. The molecule has 3 aliphatic rings. The molecule has 0 atom stereocenters. The second-order valence-corrected chi connectivity index (χ2v) is 22.6. The second-order valence-electron chi connectivity index (χ2n) is 22.6. The zero-order valence-corrected chi connectivity index (χ0v) is 40.6. The van der Waals surface area contributed by atoms with E-state index in [1.807, 2.05) is 0 Å². The van der Waals surface area contributed by atoms with E-state index >= 15 is 0 Å². The Morgan fingerprint density at radius 3 is 1.64 bits per heavy atom. The van der Waals surface area contributed by atoms with E-state index < -0.39 is 0 Å². The van der Waals surface area contributed by atoms with Crippen molar-refractivity contribution < 1.29 is 0 Å². The lowest BCUT2D eigenvalue weighted by Gasteiger charge is -2.47. The molecule has 0 radical (unpaired) electrons. The highest BCUT2D eigenvalue weighted by Crippen LogP contribution is 2.55. The molecule has 0 aromatic heterocycles. The smallest absolute Gasteiger partial charge is 0.333 e. The largest absolute Gasteiger partial charge is 0.376 e. The molecular weight excluding hydrogens is 796 g/mol. The summed E-state index contributed by atoms with van der Waals surface area (Å²) in [4.78, 5) is 5.37. The Morgan fingerprint density at radius 2 is 0.970 bits per heavy atom. The molecule has 2 heterocycles. The Morgan fingerprint density at radius 1 is 0.379 bits per heavy atom. The highest BCUT2D eigenvalue weighted by Gasteiger charge is 2.50. The minimum Gasteiger partial charge on any atom is -0.376 e. The number of hydrogen-bond acceptors (Lipinski definition) is 2. The fraction of sp³-hybridized carbons (Fsp3) is 0.238. The minimum atomic E-state index is -0.180. The molecule has 0 spiro atoms. The zero-order valence-electron chi connectivity index (χ0n) is 40.6. The number of hydrogen-bond donors (Lipinski definition) is 0. The summed E-state index contributed by atoms with van der Waals surface area (Å²) in [6.07, 6.45) is 0. The average Bonchev–Trinajstić information content (AvgIpc) is 3.54. The molecular formula is C63H61BN2. The third-order valence-electron chi connectivity index (χ3n) is 14.9. The quantitative estimate of drug-likeness (QED) is 0.163. The molecule has 1 aliphatic carbocycles. The number of nitrogens with zero attached hydrogens (tertiary/aromatic N) is 2. The van der Waals surface area contributed by atoms with Gasteiger partial charge in [-0.05, 0) is 131 Å². The van der Waals surface area contributed by atoms with Gasteiger partial charge in [0.15, 0.2) is 0 Å². The van der Waals surface area contributed by atoms with Gasteiger partial charge in [0, 0.05) is 39.3 Å². The molecule has 2 nitrogen and oxygen atoms in total. The van der Waals surface area contributed by atoms with Crippen molar-refractivity contribution in [1.29, 1.82) is 0 Å². The van der Waals surface area contributed by atoms with Crippen LogP contribution in [0.25, 0.3) is 44.5 Å². The Kier molecular flexibility index (Phi) is 9.38. The van der Waals surface area contributed by atoms with Crippen LogP contribution in [-0.2, 0) is 21.7 Å². The van der Waals surface area contributed by atoms with E-state index in [1.165, 1.54) is 112 Å². The fourth-order valence-corrected chi connectivity index (χ4v) is 11.2. The summed E-state index contributed by atoms with van der Waals surface area (Å²) in [6, 6.07) is 65.2. The molecule has 3 heteroatoms. The Hall–Kier alpha value is -6.58. The summed E-state index contributed by atoms with van der Waals surface area (Å²) in [5.74, 6) is 0. The Balaban J connectivity index is 1.32. The van der Waals surface area contributed by atoms with Crippen LogP contribution in [0.2, 0.25) is 0 Å². The van der Waals surface area contributed by atoms with Crippen molar-refractivity contribution in [1.82, 2.24) is 0 Å². The summed E-state index contributed by atoms with van der Waals surface area (Å²) in [6.45, 7) is 25.7. The van der Waals surface area contributed by atoms with Gasteiger partial charge in [0.05, 0.1) is 5.69 Å². The van der Waals surface area contributed by atoms with Crippen molar-refractivity contribution in [3.63, 3.8) is 0 Å². The van der Waals surface area contributed by atoms with Crippen LogP contribution >= 0.6 is 0 Å². The molecule has 0 bridgehead atoms. The van der Waals surface area contributed by atoms with E-state index in [4.69, 9.17) is 0 Å². The highest BCUT2D eigenvalue weighted by atomic mass is 15.2. The normalized spacial score (nSPS) is 14.6. The second kappa shape index (κ2) is 14.7. The molecule has 66 heavy (non-hydrogen) atoms. The predicted molar refractivity (Wildman–Crippen MR) is 285 cm³/mol. The van der Waals surface area contributed by atoms with Gasteiger partial charge in [-0.25, -0.2) is 0 Å². The molecule has 0 amide bonds. The summed E-state index contributed by atoms with van der Waals surface area (Å²) in [5, 5.41) is 0. The highest BCUT2D eigenvalue weighted by molar-refractivity contribution is 6.94. The maximum atomic E-state index is 2.71. The maximum absolute atomic E-state index is 2.71. The summed E-state index contributed by atoms with van der Waals surface area (Å²) < 4.78 is 0. The van der Waals surface area contributed by atoms with Crippen molar-refractivity contribution in [2.75, 3.05) is 9.71 Å². The molecule has 0 fully saturated rings. The third-order valence-corrected chi connectivity index (χ3v) is 14.9. The minimum absolute atomic E-state index is 0.0228. The van der Waals surface area contributed by atoms with Gasteiger partial charge in [0.2, 0.25) is 0 Å². The van der Waals surface area contributed by atoms with E-state index in [-0.39, 0.29) is 28.5 Å². The van der Waals surface area contributed by atoms with Crippen LogP contribution in [-0.4, -0.2) is 6.85 Å². The molecule has 0 saturated carbocycles. The van der Waals surface area contributed by atoms with Gasteiger partial charge in [-0.15, -0.1) is 0 Å². The first-order valence-electron chi connectivity index (χ1n) is 24.0. The molecule has 0 N–H and O–H groups in total. The van der Waals surface area contributed by atoms with E-state index in [0.717, 1.165) is 0 Å². The monoisotopic (exact) mass is 856 g/mol. The van der Waals surface area contributed by atoms with Crippen molar-refractivity contribution >= 4 is 46.2 Å². The maximum Gasteiger partial charge on any atom is 0.333 e. The fourth-order valence-electron chi connectivity index (χ4n) is 11.2. The van der Waals surface area contributed by atoms with Crippen molar-refractivity contribution in [2.45, 2.75) is 97.8 Å². The van der Waals surface area contributed by atoms with Crippen molar-refractivity contribution in [3.05, 3.63) is 198 Å². The molecule has 2 aliphatic heterocycles. The zero-order chi connectivity index (χ0) is 46.1. The number of fused-ring (bicyclic) bond motifs is 8. The van der Waals surface area contributed by atoms with Crippen LogP contribution in [0.1, 0.15) is 104 Å². The Bertz CT molecular complexity index is 3210. The molecule has 8 aromatic rings. The van der Waals surface area contributed by atoms with Crippen LogP contribution in [0.15, 0.2) is 170 Å². The van der Waals surface area contributed by atoms with Gasteiger partial charge in [0.25, 0.3) is 0 Å². The lowest BCUT2D eigenvalue weighted by molar-refractivity contribution is 0.590. The first kappa shape index (κ1) is 42.1. The molecule has 0 saturated heterocycles. The standard InChI is InChI=1S/C63H61BN2/c1-60(2,3)43-27-30-46(31-28-43)66-55-36-42(40-20-14-12-15-21-40)26-32-47(55)50-38-45(62(7,8)9)39-56-58(50)64(66)59-54(35-33-52-57(59)48-24-18-19-25-51(48)63(52,10)11)65(56)53-34-29-44(61(4,5)6)37-49(53)41-22-16-13-17-23-41/h12-39H,1-11H3. The first-order valence-corrected chi connectivity index (χ1v) is 24.0. The van der Waals surface area contributed by atoms with E-state index in [1.54, 1.807) is 0 Å². The van der Waals surface area contributed by atoms with Gasteiger partial charge >= 0.3 is 6.85 Å². The van der Waals surface area contributed by atoms with Gasteiger partial charge in [-0.3, -0.25) is 0 Å². The van der Waals surface area contributed by atoms with Crippen LogP contribution in [0, 0.1) is 0 Å². The van der Waals surface area contributed by atoms with Crippen LogP contribution in [0.4, 0.5) is 28.4 Å². The van der Waals surface area contributed by atoms with Crippen LogP contribution in [0.5, 0.6) is 0 Å².